The van der Waals surface area contributed by atoms with E-state index in [1.54, 1.807) is 18.2 Å². The molecule has 0 fully saturated rings. The minimum atomic E-state index is -3.25. The Kier molecular flexibility index (Phi) is 5.48. The van der Waals surface area contributed by atoms with Gasteiger partial charge < -0.3 is 0 Å². The van der Waals surface area contributed by atoms with E-state index in [1.165, 1.54) is 12.1 Å². The average molecular weight is 309 g/mol. The first kappa shape index (κ1) is 17.6. The van der Waals surface area contributed by atoms with E-state index in [2.05, 4.69) is 6.58 Å². The molecule has 1 aromatic rings. The average Bonchev–Trinajstić information content (AvgIpc) is 2.43. The fourth-order valence-electron chi connectivity index (χ4n) is 2.46. The molecule has 0 bridgehead atoms. The first-order chi connectivity index (χ1) is 9.69. The van der Waals surface area contributed by atoms with Crippen LogP contribution < -0.4 is 0 Å². The number of ketones is 1. The molecule has 0 saturated carbocycles. The highest BCUT2D eigenvalue weighted by molar-refractivity contribution is 7.90. The molecule has 0 aliphatic rings. The third kappa shape index (κ3) is 3.60. The van der Waals surface area contributed by atoms with Crippen molar-refractivity contribution in [2.75, 3.05) is 20.4 Å². The lowest BCUT2D eigenvalue weighted by molar-refractivity contribution is 0.0673. The number of Topliss-reactive ketones (excluding diaryl/α,β-unsaturated/α-hetero) is 1. The summed E-state index contributed by atoms with van der Waals surface area (Å²) in [4.78, 5) is 15.0. The smallest absolute Gasteiger partial charge is 0.183 e. The Bertz CT molecular complexity index is 617. The quantitative estimate of drug-likeness (QED) is 0.574. The van der Waals surface area contributed by atoms with Gasteiger partial charge in [-0.05, 0) is 39.1 Å². The molecule has 1 aromatic carbocycles. The summed E-state index contributed by atoms with van der Waals surface area (Å²) in [6, 6.07) is 6.12. The summed E-state index contributed by atoms with van der Waals surface area (Å²) in [7, 11) is 0.491. The fraction of sp³-hybridized carbons (Fsp3) is 0.438. The number of benzene rings is 1. The van der Waals surface area contributed by atoms with Crippen molar-refractivity contribution in [1.82, 2.24) is 4.90 Å². The molecule has 0 spiro atoms. The SMILES string of the molecule is C=CCC(CC)(C(=O)c1ccc(S(C)(=O)=O)cc1)N(C)C. The molecule has 0 heterocycles. The molecular formula is C16H23NO3S. The predicted octanol–water partition coefficient (Wildman–Crippen LogP) is 2.56. The Hall–Kier alpha value is -1.46. The van der Waals surface area contributed by atoms with Gasteiger partial charge in [-0.1, -0.05) is 25.1 Å². The minimum absolute atomic E-state index is 0.0186. The monoisotopic (exact) mass is 309 g/mol. The lowest BCUT2D eigenvalue weighted by Crippen LogP contribution is -2.50. The first-order valence-corrected chi connectivity index (χ1v) is 8.71. The lowest BCUT2D eigenvalue weighted by atomic mass is 9.82. The molecular weight excluding hydrogens is 286 g/mol. The molecule has 1 unspecified atom stereocenters. The van der Waals surface area contributed by atoms with Gasteiger partial charge in [0.1, 0.15) is 0 Å². The van der Waals surface area contributed by atoms with Gasteiger partial charge in [-0.15, -0.1) is 6.58 Å². The van der Waals surface area contributed by atoms with Crippen molar-refractivity contribution in [3.8, 4) is 0 Å². The summed E-state index contributed by atoms with van der Waals surface area (Å²) in [5.74, 6) is -0.0186. The van der Waals surface area contributed by atoms with Crippen LogP contribution in [0, 0.1) is 0 Å². The first-order valence-electron chi connectivity index (χ1n) is 6.82. The number of sulfone groups is 1. The largest absolute Gasteiger partial charge is 0.297 e. The lowest BCUT2D eigenvalue weighted by Gasteiger charge is -2.37. The summed E-state index contributed by atoms with van der Waals surface area (Å²) in [5, 5.41) is 0. The Balaban J connectivity index is 3.25. The summed E-state index contributed by atoms with van der Waals surface area (Å²) < 4.78 is 22.9. The highest BCUT2D eigenvalue weighted by Crippen LogP contribution is 2.27. The molecule has 0 aliphatic heterocycles. The van der Waals surface area contributed by atoms with Gasteiger partial charge in [0, 0.05) is 11.8 Å². The Labute approximate surface area is 127 Å². The van der Waals surface area contributed by atoms with E-state index in [9.17, 15) is 13.2 Å². The van der Waals surface area contributed by atoms with Crippen LogP contribution in [0.2, 0.25) is 0 Å². The second-order valence-corrected chi connectivity index (χ2v) is 7.41. The van der Waals surface area contributed by atoms with E-state index in [4.69, 9.17) is 0 Å². The molecule has 0 radical (unpaired) electrons. The van der Waals surface area contributed by atoms with Crippen molar-refractivity contribution >= 4 is 15.6 Å². The van der Waals surface area contributed by atoms with Crippen LogP contribution in [0.15, 0.2) is 41.8 Å². The molecule has 21 heavy (non-hydrogen) atoms. The third-order valence-corrected chi connectivity index (χ3v) is 5.02. The highest BCUT2D eigenvalue weighted by Gasteiger charge is 2.38. The van der Waals surface area contributed by atoms with Crippen molar-refractivity contribution in [2.24, 2.45) is 0 Å². The Morgan fingerprint density at radius 3 is 2.14 bits per heavy atom. The molecule has 0 aromatic heterocycles. The van der Waals surface area contributed by atoms with Crippen LogP contribution in [0.4, 0.5) is 0 Å². The third-order valence-electron chi connectivity index (χ3n) is 3.89. The summed E-state index contributed by atoms with van der Waals surface area (Å²) in [6.45, 7) is 5.70. The minimum Gasteiger partial charge on any atom is -0.297 e. The van der Waals surface area contributed by atoms with Crippen LogP contribution in [0.1, 0.15) is 30.1 Å². The topological polar surface area (TPSA) is 54.5 Å². The Morgan fingerprint density at radius 2 is 1.81 bits per heavy atom. The Morgan fingerprint density at radius 1 is 1.29 bits per heavy atom. The van der Waals surface area contributed by atoms with Gasteiger partial charge in [0.05, 0.1) is 10.4 Å². The van der Waals surface area contributed by atoms with Crippen molar-refractivity contribution in [1.29, 1.82) is 0 Å². The summed E-state index contributed by atoms with van der Waals surface area (Å²) in [6.07, 6.45) is 4.09. The molecule has 116 valence electrons. The molecule has 1 rings (SSSR count). The van der Waals surface area contributed by atoms with Gasteiger partial charge in [0.15, 0.2) is 15.6 Å². The zero-order valence-corrected chi connectivity index (χ0v) is 13.9. The van der Waals surface area contributed by atoms with Crippen molar-refractivity contribution in [3.05, 3.63) is 42.5 Å². The van der Waals surface area contributed by atoms with E-state index in [-0.39, 0.29) is 10.7 Å². The normalized spacial score (nSPS) is 14.7. The molecule has 0 N–H and O–H groups in total. The van der Waals surface area contributed by atoms with Crippen LogP contribution in [0.25, 0.3) is 0 Å². The maximum Gasteiger partial charge on any atom is 0.183 e. The van der Waals surface area contributed by atoms with Gasteiger partial charge >= 0.3 is 0 Å². The van der Waals surface area contributed by atoms with Crippen LogP contribution >= 0.6 is 0 Å². The molecule has 0 aliphatic carbocycles. The highest BCUT2D eigenvalue weighted by atomic mass is 32.2. The predicted molar refractivity (Wildman–Crippen MR) is 85.4 cm³/mol. The van der Waals surface area contributed by atoms with E-state index >= 15 is 0 Å². The zero-order chi connectivity index (χ0) is 16.3. The van der Waals surface area contributed by atoms with Crippen molar-refractivity contribution in [3.63, 3.8) is 0 Å². The summed E-state index contributed by atoms with van der Waals surface area (Å²) in [5.41, 5.74) is -0.131. The maximum absolute atomic E-state index is 12.9. The number of hydrogen-bond acceptors (Lipinski definition) is 4. The van der Waals surface area contributed by atoms with Crippen LogP contribution in [-0.2, 0) is 9.84 Å². The number of hydrogen-bond donors (Lipinski definition) is 0. The molecule has 5 heteroatoms. The molecule has 0 saturated heterocycles. The number of rotatable bonds is 7. The van der Waals surface area contributed by atoms with E-state index in [0.717, 1.165) is 6.26 Å². The van der Waals surface area contributed by atoms with Crippen LogP contribution in [-0.4, -0.2) is 45.0 Å². The molecule has 0 amide bonds. The number of nitrogens with zero attached hydrogens (tertiary/aromatic N) is 1. The van der Waals surface area contributed by atoms with Gasteiger partial charge in [0.2, 0.25) is 0 Å². The van der Waals surface area contributed by atoms with E-state index < -0.39 is 15.4 Å². The molecule has 1 atom stereocenters. The van der Waals surface area contributed by atoms with E-state index in [0.29, 0.717) is 18.4 Å². The number of likely N-dealkylation sites (N-methyl/N-ethyl adjacent to an activating group) is 1. The van der Waals surface area contributed by atoms with Crippen LogP contribution in [0.3, 0.4) is 0 Å². The number of carbonyl (C=O) groups excluding carboxylic acids is 1. The van der Waals surface area contributed by atoms with Gasteiger partial charge in [0.25, 0.3) is 0 Å². The van der Waals surface area contributed by atoms with Gasteiger partial charge in [-0.2, -0.15) is 0 Å². The summed E-state index contributed by atoms with van der Waals surface area (Å²) >= 11 is 0. The second kappa shape index (κ2) is 6.54. The fourth-order valence-corrected chi connectivity index (χ4v) is 3.09. The maximum atomic E-state index is 12.9. The van der Waals surface area contributed by atoms with Gasteiger partial charge in [-0.3, -0.25) is 9.69 Å². The standard InChI is InChI=1S/C16H23NO3S/c1-6-12-16(7-2,17(3)4)15(18)13-8-10-14(11-9-13)21(5,19)20/h6,8-11H,1,7,12H2,2-5H3. The van der Waals surface area contributed by atoms with Crippen molar-refractivity contribution in [2.45, 2.75) is 30.2 Å². The molecule has 4 nitrogen and oxygen atoms in total. The zero-order valence-electron chi connectivity index (χ0n) is 13.1. The number of carbonyl (C=O) groups is 1. The second-order valence-electron chi connectivity index (χ2n) is 5.40. The van der Waals surface area contributed by atoms with E-state index in [1.807, 2.05) is 25.9 Å². The van der Waals surface area contributed by atoms with Crippen LogP contribution in [0.5, 0.6) is 0 Å². The van der Waals surface area contributed by atoms with Gasteiger partial charge in [-0.25, -0.2) is 8.42 Å². The van der Waals surface area contributed by atoms with Crippen molar-refractivity contribution < 1.29 is 13.2 Å².